The lowest BCUT2D eigenvalue weighted by molar-refractivity contribution is -0.127. The molecule has 0 spiro atoms. The van der Waals surface area contributed by atoms with Gasteiger partial charge in [-0.05, 0) is 20.8 Å². The summed E-state index contributed by atoms with van der Waals surface area (Å²) in [6, 6.07) is 0. The van der Waals surface area contributed by atoms with Crippen LogP contribution in [0.3, 0.4) is 0 Å². The number of halogens is 1. The lowest BCUT2D eigenvalue weighted by atomic mass is 10.2. The van der Waals surface area contributed by atoms with Crippen LogP contribution in [0.25, 0.3) is 0 Å². The van der Waals surface area contributed by atoms with Gasteiger partial charge in [-0.2, -0.15) is 0 Å². The van der Waals surface area contributed by atoms with Crippen LogP contribution in [-0.4, -0.2) is 106 Å². The van der Waals surface area contributed by atoms with Gasteiger partial charge >= 0.3 is 6.09 Å². The van der Waals surface area contributed by atoms with Crippen LogP contribution in [0.2, 0.25) is 0 Å². The zero-order valence-electron chi connectivity index (χ0n) is 18.2. The number of nitrogens with one attached hydrogen (secondary N) is 3. The van der Waals surface area contributed by atoms with E-state index in [1.165, 1.54) is 4.90 Å². The van der Waals surface area contributed by atoms with Crippen LogP contribution in [0.1, 0.15) is 20.8 Å². The van der Waals surface area contributed by atoms with Gasteiger partial charge in [0.25, 0.3) is 0 Å². The number of carbonyl (C=O) groups excluding carboxylic acids is 2. The molecular formula is C18H37IN6O4. The van der Waals surface area contributed by atoms with Gasteiger partial charge < -0.3 is 30.3 Å². The first-order valence-corrected chi connectivity index (χ1v) is 9.66. The summed E-state index contributed by atoms with van der Waals surface area (Å²) >= 11 is 0. The Morgan fingerprint density at radius 1 is 1.07 bits per heavy atom. The van der Waals surface area contributed by atoms with E-state index in [1.807, 2.05) is 20.8 Å². The predicted molar refractivity (Wildman–Crippen MR) is 124 cm³/mol. The molecule has 1 rings (SSSR count). The van der Waals surface area contributed by atoms with Crippen LogP contribution in [-0.2, 0) is 14.3 Å². The molecule has 1 fully saturated rings. The third-order valence-electron chi connectivity index (χ3n) is 3.78. The molecule has 1 saturated heterocycles. The average Bonchev–Trinajstić information content (AvgIpc) is 2.61. The molecule has 3 N–H and O–H groups in total. The first kappa shape index (κ1) is 27.7. The number of rotatable bonds is 8. The van der Waals surface area contributed by atoms with Gasteiger partial charge in [-0.3, -0.25) is 9.69 Å². The number of amides is 2. The number of nitrogens with zero attached hydrogens (tertiary/aromatic N) is 3. The molecule has 0 radical (unpaired) electrons. The normalized spacial score (nSPS) is 15.1. The Morgan fingerprint density at radius 3 is 2.24 bits per heavy atom. The van der Waals surface area contributed by atoms with Crippen molar-refractivity contribution in [2.24, 2.45) is 4.99 Å². The van der Waals surface area contributed by atoms with Crippen LogP contribution >= 0.6 is 24.0 Å². The number of guanidine groups is 1. The summed E-state index contributed by atoms with van der Waals surface area (Å²) < 4.78 is 10.5. The first-order valence-electron chi connectivity index (χ1n) is 9.66. The SMILES string of the molecule is CN(C)C(=O)CN=C(NCCNC(=O)OC(C)(C)C)NCCN1CCOCC1.I. The zero-order valence-corrected chi connectivity index (χ0v) is 20.6. The topological polar surface area (TPSA) is 108 Å². The van der Waals surface area contributed by atoms with E-state index in [-0.39, 0.29) is 36.4 Å². The summed E-state index contributed by atoms with van der Waals surface area (Å²) in [5, 5.41) is 9.04. The van der Waals surface area contributed by atoms with E-state index in [4.69, 9.17) is 9.47 Å². The van der Waals surface area contributed by atoms with Crippen molar-refractivity contribution >= 4 is 41.9 Å². The Bertz CT molecular complexity index is 519. The standard InChI is InChI=1S/C18H36N6O4.HI/c1-18(2,3)28-17(26)21-7-6-19-16(22-14-15(25)23(4)5)20-8-9-24-10-12-27-13-11-24;/h6-14H2,1-5H3,(H,21,26)(H2,19,20,22);1H. The third-order valence-corrected chi connectivity index (χ3v) is 3.78. The van der Waals surface area contributed by atoms with Gasteiger partial charge in [0.05, 0.1) is 13.2 Å². The summed E-state index contributed by atoms with van der Waals surface area (Å²) in [6.07, 6.45) is -0.462. The minimum Gasteiger partial charge on any atom is -0.444 e. The van der Waals surface area contributed by atoms with Gasteiger partial charge in [-0.1, -0.05) is 0 Å². The molecule has 0 saturated carbocycles. The second-order valence-electron chi connectivity index (χ2n) is 7.69. The molecule has 11 heteroatoms. The molecule has 0 bridgehead atoms. The molecule has 0 aromatic rings. The van der Waals surface area contributed by atoms with Crippen LogP contribution in [0.4, 0.5) is 4.79 Å². The van der Waals surface area contributed by atoms with Crippen LogP contribution in [0, 0.1) is 0 Å². The van der Waals surface area contributed by atoms with Gasteiger partial charge in [0.1, 0.15) is 12.1 Å². The van der Waals surface area contributed by atoms with Crippen molar-refractivity contribution in [3.8, 4) is 0 Å². The largest absolute Gasteiger partial charge is 0.444 e. The molecule has 1 aliphatic heterocycles. The molecule has 0 aromatic carbocycles. The van der Waals surface area contributed by atoms with Crippen molar-refractivity contribution in [1.29, 1.82) is 0 Å². The van der Waals surface area contributed by atoms with E-state index in [1.54, 1.807) is 14.1 Å². The fourth-order valence-corrected chi connectivity index (χ4v) is 2.28. The number of alkyl carbamates (subject to hydrolysis) is 1. The van der Waals surface area contributed by atoms with Crippen molar-refractivity contribution in [2.75, 3.05) is 73.1 Å². The van der Waals surface area contributed by atoms with Crippen molar-refractivity contribution in [3.63, 3.8) is 0 Å². The van der Waals surface area contributed by atoms with Gasteiger partial charge in [-0.15, -0.1) is 24.0 Å². The van der Waals surface area contributed by atoms with Crippen molar-refractivity contribution in [1.82, 2.24) is 25.8 Å². The molecule has 0 atom stereocenters. The van der Waals surface area contributed by atoms with Crippen molar-refractivity contribution in [3.05, 3.63) is 0 Å². The molecule has 2 amide bonds. The first-order chi connectivity index (χ1) is 13.2. The molecule has 29 heavy (non-hydrogen) atoms. The highest BCUT2D eigenvalue weighted by atomic mass is 127. The Labute approximate surface area is 191 Å². The second-order valence-corrected chi connectivity index (χ2v) is 7.69. The van der Waals surface area contributed by atoms with Crippen molar-refractivity contribution < 1.29 is 19.1 Å². The summed E-state index contributed by atoms with van der Waals surface area (Å²) in [4.78, 5) is 31.6. The number of likely N-dealkylation sites (N-methyl/N-ethyl adjacent to an activating group) is 1. The monoisotopic (exact) mass is 528 g/mol. The Hall–Kier alpha value is -1.34. The van der Waals surface area contributed by atoms with E-state index >= 15 is 0 Å². The molecule has 0 aromatic heterocycles. The quantitative estimate of drug-likeness (QED) is 0.177. The highest BCUT2D eigenvalue weighted by Gasteiger charge is 2.15. The maximum absolute atomic E-state index is 11.8. The smallest absolute Gasteiger partial charge is 0.407 e. The molecule has 170 valence electrons. The third kappa shape index (κ3) is 14.3. The highest BCUT2D eigenvalue weighted by molar-refractivity contribution is 14.0. The van der Waals surface area contributed by atoms with E-state index in [0.717, 1.165) is 32.8 Å². The zero-order chi connectivity index (χ0) is 21.0. The van der Waals surface area contributed by atoms with Crippen LogP contribution in [0.5, 0.6) is 0 Å². The maximum Gasteiger partial charge on any atom is 0.407 e. The molecule has 1 heterocycles. The lowest BCUT2D eigenvalue weighted by Gasteiger charge is -2.26. The van der Waals surface area contributed by atoms with Gasteiger partial charge in [0.15, 0.2) is 5.96 Å². The summed E-state index contributed by atoms with van der Waals surface area (Å²) in [5.41, 5.74) is -0.530. The van der Waals surface area contributed by atoms with Crippen molar-refractivity contribution in [2.45, 2.75) is 26.4 Å². The Balaban J connectivity index is 0.00000784. The van der Waals surface area contributed by atoms with Gasteiger partial charge in [0.2, 0.25) is 5.91 Å². The summed E-state index contributed by atoms with van der Waals surface area (Å²) in [5.74, 6) is 0.454. The minimum absolute atomic E-state index is 0. The van der Waals surface area contributed by atoms with Gasteiger partial charge in [0, 0.05) is 53.4 Å². The second kappa shape index (κ2) is 14.6. The average molecular weight is 528 g/mol. The molecular weight excluding hydrogens is 491 g/mol. The predicted octanol–water partition coefficient (Wildman–Crippen LogP) is 0.0847. The molecule has 0 aliphatic carbocycles. The summed E-state index contributed by atoms with van der Waals surface area (Å²) in [7, 11) is 3.39. The fraction of sp³-hybridized carbons (Fsp3) is 0.833. The maximum atomic E-state index is 11.8. The number of aliphatic imine (C=N–C) groups is 1. The van der Waals surface area contributed by atoms with Gasteiger partial charge in [-0.25, -0.2) is 9.79 Å². The minimum atomic E-state index is -0.530. The fourth-order valence-electron chi connectivity index (χ4n) is 2.28. The molecule has 1 aliphatic rings. The van der Waals surface area contributed by atoms with E-state index in [9.17, 15) is 9.59 Å². The van der Waals surface area contributed by atoms with E-state index in [0.29, 0.717) is 25.6 Å². The van der Waals surface area contributed by atoms with Crippen LogP contribution < -0.4 is 16.0 Å². The lowest BCUT2D eigenvalue weighted by Crippen LogP contribution is -2.46. The number of carbonyl (C=O) groups is 2. The highest BCUT2D eigenvalue weighted by Crippen LogP contribution is 2.05. The van der Waals surface area contributed by atoms with Crippen LogP contribution in [0.15, 0.2) is 4.99 Å². The van der Waals surface area contributed by atoms with E-state index in [2.05, 4.69) is 25.8 Å². The molecule has 10 nitrogen and oxygen atoms in total. The number of morpholine rings is 1. The summed E-state index contributed by atoms with van der Waals surface area (Å²) in [6.45, 7) is 11.2. The number of hydrogen-bond acceptors (Lipinski definition) is 6. The van der Waals surface area contributed by atoms with E-state index < -0.39 is 11.7 Å². The Morgan fingerprint density at radius 2 is 1.66 bits per heavy atom. The number of ether oxygens (including phenoxy) is 2. The number of hydrogen-bond donors (Lipinski definition) is 3. The molecule has 0 unspecified atom stereocenters. The Kier molecular flexibility index (Phi) is 13.9.